The van der Waals surface area contributed by atoms with Crippen LogP contribution in [-0.2, 0) is 0 Å². The summed E-state index contributed by atoms with van der Waals surface area (Å²) < 4.78 is 0. The van der Waals surface area contributed by atoms with Crippen LogP contribution in [0, 0.1) is 6.07 Å². The van der Waals surface area contributed by atoms with E-state index >= 15 is 0 Å². The number of ketones is 1. The van der Waals surface area contributed by atoms with Gasteiger partial charge in [0.1, 0.15) is 0 Å². The predicted molar refractivity (Wildman–Crippen MR) is 52.8 cm³/mol. The van der Waals surface area contributed by atoms with E-state index in [2.05, 4.69) is 6.07 Å². The maximum atomic E-state index is 11.2. The Kier molecular flexibility index (Phi) is 1.85. The minimum Gasteiger partial charge on any atom is -0.294 e. The van der Waals surface area contributed by atoms with Gasteiger partial charge in [0.25, 0.3) is 0 Å². The van der Waals surface area contributed by atoms with Crippen LogP contribution in [0.4, 0.5) is 0 Å². The van der Waals surface area contributed by atoms with Crippen LogP contribution in [0.15, 0.2) is 36.4 Å². The first-order valence-corrected chi connectivity index (χ1v) is 4.19. The lowest BCUT2D eigenvalue weighted by molar-refractivity contribution is 0.101. The summed E-state index contributed by atoms with van der Waals surface area (Å²) in [5.74, 6) is 0.102. The third-order valence-corrected chi connectivity index (χ3v) is 2.09. The maximum Gasteiger partial charge on any atom is 0.160 e. The molecule has 0 saturated heterocycles. The van der Waals surface area contributed by atoms with E-state index < -0.39 is 0 Å². The molecule has 0 aliphatic heterocycles. The number of fused-ring (bicyclic) bond motifs is 1. The molecule has 2 aromatic rings. The van der Waals surface area contributed by atoms with E-state index in [1.165, 1.54) is 0 Å². The van der Waals surface area contributed by atoms with Crippen molar-refractivity contribution in [2.45, 2.75) is 6.92 Å². The highest BCUT2D eigenvalue weighted by atomic mass is 16.1. The van der Waals surface area contributed by atoms with E-state index in [0.29, 0.717) is 0 Å². The van der Waals surface area contributed by atoms with Crippen LogP contribution in [0.1, 0.15) is 17.3 Å². The summed E-state index contributed by atoms with van der Waals surface area (Å²) in [6.07, 6.45) is 0. The lowest BCUT2D eigenvalue weighted by atomic mass is 10.0. The number of benzene rings is 2. The number of Topliss-reactive ketones (excluding diaryl/α,β-unsaturated/α-hetero) is 1. The molecule has 1 nitrogen and oxygen atoms in total. The van der Waals surface area contributed by atoms with Crippen molar-refractivity contribution in [3.63, 3.8) is 0 Å². The number of rotatable bonds is 1. The van der Waals surface area contributed by atoms with Crippen LogP contribution in [0.2, 0.25) is 0 Å². The molecule has 13 heavy (non-hydrogen) atoms. The highest BCUT2D eigenvalue weighted by Gasteiger charge is 2.03. The zero-order valence-corrected chi connectivity index (χ0v) is 7.37. The van der Waals surface area contributed by atoms with Crippen molar-refractivity contribution in [1.82, 2.24) is 0 Å². The predicted octanol–water partition coefficient (Wildman–Crippen LogP) is 2.84. The summed E-state index contributed by atoms with van der Waals surface area (Å²) in [5.41, 5.74) is 0.773. The van der Waals surface area contributed by atoms with Crippen molar-refractivity contribution in [2.75, 3.05) is 0 Å². The Morgan fingerprint density at radius 2 is 2.00 bits per heavy atom. The third-order valence-electron chi connectivity index (χ3n) is 2.09. The fourth-order valence-electron chi connectivity index (χ4n) is 1.46. The summed E-state index contributed by atoms with van der Waals surface area (Å²) in [6.45, 7) is 1.59. The van der Waals surface area contributed by atoms with Gasteiger partial charge in [0, 0.05) is 5.56 Å². The minimum absolute atomic E-state index is 0.102. The molecule has 0 heterocycles. The monoisotopic (exact) mass is 169 g/mol. The molecule has 0 amide bonds. The van der Waals surface area contributed by atoms with Crippen molar-refractivity contribution in [1.29, 1.82) is 0 Å². The van der Waals surface area contributed by atoms with E-state index in [-0.39, 0.29) is 5.78 Å². The SMILES string of the molecule is CC(=O)c1cc[c]c2ccccc12. The molecule has 63 valence electrons. The molecule has 0 spiro atoms. The van der Waals surface area contributed by atoms with Gasteiger partial charge >= 0.3 is 0 Å². The quantitative estimate of drug-likeness (QED) is 0.600. The summed E-state index contributed by atoms with van der Waals surface area (Å²) in [6, 6.07) is 14.5. The molecule has 0 fully saturated rings. The van der Waals surface area contributed by atoms with Gasteiger partial charge in [0.05, 0.1) is 0 Å². The van der Waals surface area contributed by atoms with Gasteiger partial charge in [-0.05, 0) is 23.8 Å². The Hall–Kier alpha value is -1.63. The Balaban J connectivity index is 2.83. The van der Waals surface area contributed by atoms with Crippen molar-refractivity contribution < 1.29 is 4.79 Å². The molecule has 0 aliphatic carbocycles. The summed E-state index contributed by atoms with van der Waals surface area (Å²) in [4.78, 5) is 11.2. The first kappa shape index (κ1) is 7.99. The molecule has 0 aliphatic rings. The van der Waals surface area contributed by atoms with E-state index in [1.54, 1.807) is 13.0 Å². The zero-order valence-electron chi connectivity index (χ0n) is 7.37. The normalized spacial score (nSPS) is 10.2. The fraction of sp³-hybridized carbons (Fsp3) is 0.0833. The maximum absolute atomic E-state index is 11.2. The zero-order chi connectivity index (χ0) is 9.26. The van der Waals surface area contributed by atoms with Crippen molar-refractivity contribution in [2.24, 2.45) is 0 Å². The summed E-state index contributed by atoms with van der Waals surface area (Å²) >= 11 is 0. The Bertz CT molecular complexity index is 452. The molecule has 0 saturated carbocycles. The molecule has 2 aromatic carbocycles. The summed E-state index contributed by atoms with van der Waals surface area (Å²) in [7, 11) is 0. The lowest BCUT2D eigenvalue weighted by Crippen LogP contribution is -1.92. The molecule has 0 unspecified atom stereocenters. The van der Waals surface area contributed by atoms with Gasteiger partial charge in [-0.15, -0.1) is 0 Å². The van der Waals surface area contributed by atoms with Crippen LogP contribution < -0.4 is 0 Å². The first-order valence-electron chi connectivity index (χ1n) is 4.19. The van der Waals surface area contributed by atoms with Gasteiger partial charge in [-0.25, -0.2) is 0 Å². The Labute approximate surface area is 77.0 Å². The molecule has 0 atom stereocenters. The van der Waals surface area contributed by atoms with E-state index in [1.807, 2.05) is 30.3 Å². The second-order valence-corrected chi connectivity index (χ2v) is 2.99. The third kappa shape index (κ3) is 1.33. The molecule has 0 bridgehead atoms. The van der Waals surface area contributed by atoms with Gasteiger partial charge in [-0.2, -0.15) is 0 Å². The number of carbonyl (C=O) groups is 1. The number of hydrogen-bond acceptors (Lipinski definition) is 1. The minimum atomic E-state index is 0.102. The second-order valence-electron chi connectivity index (χ2n) is 2.99. The smallest absolute Gasteiger partial charge is 0.160 e. The molecule has 0 aromatic heterocycles. The second kappa shape index (κ2) is 3.02. The lowest BCUT2D eigenvalue weighted by Gasteiger charge is -2.01. The molecule has 1 heteroatoms. The van der Waals surface area contributed by atoms with Crippen LogP contribution in [0.5, 0.6) is 0 Å². The highest BCUT2D eigenvalue weighted by molar-refractivity contribution is 6.06. The van der Waals surface area contributed by atoms with Crippen molar-refractivity contribution in [3.05, 3.63) is 48.0 Å². The summed E-state index contributed by atoms with van der Waals surface area (Å²) in [5, 5.41) is 1.98. The van der Waals surface area contributed by atoms with Crippen LogP contribution >= 0.6 is 0 Å². The molecule has 2 rings (SSSR count). The topological polar surface area (TPSA) is 17.1 Å². The van der Waals surface area contributed by atoms with Crippen LogP contribution in [-0.4, -0.2) is 5.78 Å². The van der Waals surface area contributed by atoms with E-state index in [0.717, 1.165) is 16.3 Å². The van der Waals surface area contributed by atoms with Gasteiger partial charge in [0.2, 0.25) is 0 Å². The van der Waals surface area contributed by atoms with Crippen molar-refractivity contribution >= 4 is 16.6 Å². The standard InChI is InChI=1S/C12H9O/c1-9(13)11-8-4-6-10-5-2-3-7-12(10)11/h2-5,7-8H,1H3. The highest BCUT2D eigenvalue weighted by Crippen LogP contribution is 2.17. The fourth-order valence-corrected chi connectivity index (χ4v) is 1.46. The average molecular weight is 169 g/mol. The largest absolute Gasteiger partial charge is 0.294 e. The van der Waals surface area contributed by atoms with Gasteiger partial charge in [0.15, 0.2) is 5.78 Å². The van der Waals surface area contributed by atoms with Gasteiger partial charge < -0.3 is 0 Å². The first-order chi connectivity index (χ1) is 6.29. The van der Waals surface area contributed by atoms with Crippen LogP contribution in [0.25, 0.3) is 10.8 Å². The van der Waals surface area contributed by atoms with E-state index in [9.17, 15) is 4.79 Å². The van der Waals surface area contributed by atoms with Gasteiger partial charge in [-0.1, -0.05) is 36.4 Å². The number of hydrogen-bond donors (Lipinski definition) is 0. The van der Waals surface area contributed by atoms with Crippen LogP contribution in [0.3, 0.4) is 0 Å². The molecule has 0 N–H and O–H groups in total. The number of carbonyl (C=O) groups excluding carboxylic acids is 1. The Morgan fingerprint density at radius 3 is 2.77 bits per heavy atom. The van der Waals surface area contributed by atoms with Crippen molar-refractivity contribution in [3.8, 4) is 0 Å². The molecular formula is C12H9O. The van der Waals surface area contributed by atoms with Gasteiger partial charge in [-0.3, -0.25) is 4.79 Å². The average Bonchev–Trinajstić information content (AvgIpc) is 2.17. The molecule has 1 radical (unpaired) electrons. The molecular weight excluding hydrogens is 160 g/mol. The van der Waals surface area contributed by atoms with E-state index in [4.69, 9.17) is 0 Å². The Morgan fingerprint density at radius 1 is 1.23 bits per heavy atom.